The second-order valence-corrected chi connectivity index (χ2v) is 5.30. The van der Waals surface area contributed by atoms with Gasteiger partial charge in [0, 0.05) is 12.2 Å². The lowest BCUT2D eigenvalue weighted by Gasteiger charge is -2.38. The number of H-pyrrole nitrogens is 1. The molecule has 1 aliphatic carbocycles. The van der Waals surface area contributed by atoms with Crippen LogP contribution in [0.25, 0.3) is 0 Å². The van der Waals surface area contributed by atoms with Crippen LogP contribution in [0.3, 0.4) is 0 Å². The first-order valence-electron chi connectivity index (χ1n) is 6.85. The molecule has 0 aliphatic heterocycles. The van der Waals surface area contributed by atoms with Crippen molar-refractivity contribution < 1.29 is 10.0 Å². The summed E-state index contributed by atoms with van der Waals surface area (Å²) in [6.07, 6.45) is 5.72. The summed E-state index contributed by atoms with van der Waals surface area (Å²) in [5.41, 5.74) is 7.07. The molecule has 0 atom stereocenters. The topological polar surface area (TPSA) is 116 Å². The molecule has 0 saturated heterocycles. The number of carbonyl (C=O) groups is 1. The SMILES string of the molecule is Cc1[nH]ncc1CCCNC(=O)C1(C(N)=NO)CCC1. The summed E-state index contributed by atoms with van der Waals surface area (Å²) in [5, 5.41) is 21.5. The van der Waals surface area contributed by atoms with Gasteiger partial charge in [-0.25, -0.2) is 0 Å². The van der Waals surface area contributed by atoms with Crippen LogP contribution in [0.1, 0.15) is 36.9 Å². The zero-order chi connectivity index (χ0) is 14.6. The zero-order valence-corrected chi connectivity index (χ0v) is 11.6. The zero-order valence-electron chi connectivity index (χ0n) is 11.6. The van der Waals surface area contributed by atoms with Gasteiger partial charge in [-0.1, -0.05) is 11.6 Å². The van der Waals surface area contributed by atoms with Crippen LogP contribution in [0.4, 0.5) is 0 Å². The molecule has 0 spiro atoms. The molecule has 1 fully saturated rings. The van der Waals surface area contributed by atoms with Crippen LogP contribution in [0, 0.1) is 12.3 Å². The Labute approximate surface area is 117 Å². The molecule has 7 heteroatoms. The number of aryl methyl sites for hydroxylation is 2. The third kappa shape index (κ3) is 2.61. The number of nitrogens with zero attached hydrogens (tertiary/aromatic N) is 2. The fraction of sp³-hybridized carbons (Fsp3) is 0.615. The smallest absolute Gasteiger partial charge is 0.233 e. The van der Waals surface area contributed by atoms with Gasteiger partial charge in [0.05, 0.1) is 6.20 Å². The van der Waals surface area contributed by atoms with E-state index in [4.69, 9.17) is 10.9 Å². The largest absolute Gasteiger partial charge is 0.409 e. The molecule has 7 nitrogen and oxygen atoms in total. The van der Waals surface area contributed by atoms with E-state index in [1.54, 1.807) is 6.20 Å². The first-order chi connectivity index (χ1) is 9.60. The highest BCUT2D eigenvalue weighted by Gasteiger charge is 2.48. The van der Waals surface area contributed by atoms with Gasteiger partial charge in [-0.2, -0.15) is 5.10 Å². The van der Waals surface area contributed by atoms with Gasteiger partial charge in [0.25, 0.3) is 0 Å². The molecule has 1 saturated carbocycles. The Balaban J connectivity index is 1.79. The average Bonchev–Trinajstić information content (AvgIpc) is 2.78. The second-order valence-electron chi connectivity index (χ2n) is 5.30. The highest BCUT2D eigenvalue weighted by molar-refractivity contribution is 6.07. The quantitative estimate of drug-likeness (QED) is 0.201. The van der Waals surface area contributed by atoms with Crippen molar-refractivity contribution in [2.24, 2.45) is 16.3 Å². The Morgan fingerprint density at radius 3 is 2.90 bits per heavy atom. The molecule has 2 rings (SSSR count). The molecule has 0 bridgehead atoms. The van der Waals surface area contributed by atoms with Crippen molar-refractivity contribution >= 4 is 11.7 Å². The van der Waals surface area contributed by atoms with Crippen LogP contribution in [-0.4, -0.2) is 33.7 Å². The molecule has 0 radical (unpaired) electrons. The fourth-order valence-electron chi connectivity index (χ4n) is 2.50. The summed E-state index contributed by atoms with van der Waals surface area (Å²) in [6.45, 7) is 2.55. The summed E-state index contributed by atoms with van der Waals surface area (Å²) >= 11 is 0. The van der Waals surface area contributed by atoms with Crippen molar-refractivity contribution in [2.75, 3.05) is 6.54 Å². The van der Waals surface area contributed by atoms with Gasteiger partial charge >= 0.3 is 0 Å². The minimum Gasteiger partial charge on any atom is -0.409 e. The number of carbonyl (C=O) groups excluding carboxylic acids is 1. The number of nitrogens with one attached hydrogen (secondary N) is 2. The maximum absolute atomic E-state index is 12.2. The highest BCUT2D eigenvalue weighted by atomic mass is 16.4. The minimum atomic E-state index is -0.791. The Morgan fingerprint density at radius 1 is 1.65 bits per heavy atom. The van der Waals surface area contributed by atoms with E-state index in [0.717, 1.165) is 30.5 Å². The van der Waals surface area contributed by atoms with Crippen molar-refractivity contribution in [1.82, 2.24) is 15.5 Å². The lowest BCUT2D eigenvalue weighted by Crippen LogP contribution is -2.54. The van der Waals surface area contributed by atoms with Crippen molar-refractivity contribution in [1.29, 1.82) is 0 Å². The molecule has 0 unspecified atom stereocenters. The van der Waals surface area contributed by atoms with E-state index < -0.39 is 5.41 Å². The summed E-state index contributed by atoms with van der Waals surface area (Å²) in [7, 11) is 0. The number of oxime groups is 1. The summed E-state index contributed by atoms with van der Waals surface area (Å²) in [5.74, 6) is -0.116. The molecule has 1 amide bonds. The van der Waals surface area contributed by atoms with E-state index in [1.807, 2.05) is 6.92 Å². The van der Waals surface area contributed by atoms with E-state index in [9.17, 15) is 4.79 Å². The van der Waals surface area contributed by atoms with Gasteiger partial charge in [0.1, 0.15) is 5.41 Å². The molecule has 1 aromatic rings. The number of hydrogen-bond acceptors (Lipinski definition) is 4. The van der Waals surface area contributed by atoms with E-state index in [0.29, 0.717) is 19.4 Å². The number of amidine groups is 1. The Bertz CT molecular complexity index is 505. The first kappa shape index (κ1) is 14.4. The van der Waals surface area contributed by atoms with Crippen molar-refractivity contribution in [3.63, 3.8) is 0 Å². The van der Waals surface area contributed by atoms with E-state index in [2.05, 4.69) is 20.7 Å². The fourth-order valence-corrected chi connectivity index (χ4v) is 2.50. The lowest BCUT2D eigenvalue weighted by atomic mass is 9.67. The van der Waals surface area contributed by atoms with Crippen LogP contribution in [0.5, 0.6) is 0 Å². The van der Waals surface area contributed by atoms with Crippen LogP contribution in [0.15, 0.2) is 11.4 Å². The van der Waals surface area contributed by atoms with Crippen LogP contribution >= 0.6 is 0 Å². The predicted molar refractivity (Wildman–Crippen MR) is 74.3 cm³/mol. The van der Waals surface area contributed by atoms with Gasteiger partial charge < -0.3 is 16.3 Å². The molecule has 110 valence electrons. The lowest BCUT2D eigenvalue weighted by molar-refractivity contribution is -0.131. The Kier molecular flexibility index (Phi) is 4.26. The molecule has 1 heterocycles. The maximum Gasteiger partial charge on any atom is 0.233 e. The van der Waals surface area contributed by atoms with Gasteiger partial charge in [0.15, 0.2) is 5.84 Å². The predicted octanol–water partition coefficient (Wildman–Crippen LogP) is 0.684. The maximum atomic E-state index is 12.2. The third-order valence-electron chi connectivity index (χ3n) is 4.08. The number of hydrogen-bond donors (Lipinski definition) is 4. The van der Waals surface area contributed by atoms with Crippen LogP contribution < -0.4 is 11.1 Å². The number of amides is 1. The molecule has 1 aliphatic rings. The molecule has 0 aromatic carbocycles. The summed E-state index contributed by atoms with van der Waals surface area (Å²) < 4.78 is 0. The number of aromatic amines is 1. The molecular weight excluding hydrogens is 258 g/mol. The Morgan fingerprint density at radius 2 is 2.40 bits per heavy atom. The molecule has 1 aromatic heterocycles. The molecular formula is C13H21N5O2. The van der Waals surface area contributed by atoms with Gasteiger partial charge in [-0.15, -0.1) is 0 Å². The van der Waals surface area contributed by atoms with Crippen LogP contribution in [-0.2, 0) is 11.2 Å². The van der Waals surface area contributed by atoms with Gasteiger partial charge in [-0.3, -0.25) is 9.89 Å². The average molecular weight is 279 g/mol. The van der Waals surface area contributed by atoms with E-state index in [1.165, 1.54) is 0 Å². The van der Waals surface area contributed by atoms with Crippen LogP contribution in [0.2, 0.25) is 0 Å². The normalized spacial score (nSPS) is 17.6. The summed E-state index contributed by atoms with van der Waals surface area (Å²) in [4.78, 5) is 12.2. The van der Waals surface area contributed by atoms with Crippen molar-refractivity contribution in [2.45, 2.75) is 39.0 Å². The second kappa shape index (κ2) is 5.94. The first-order valence-corrected chi connectivity index (χ1v) is 6.85. The van der Waals surface area contributed by atoms with E-state index >= 15 is 0 Å². The highest BCUT2D eigenvalue weighted by Crippen LogP contribution is 2.41. The van der Waals surface area contributed by atoms with Crippen molar-refractivity contribution in [3.8, 4) is 0 Å². The summed E-state index contributed by atoms with van der Waals surface area (Å²) in [6, 6.07) is 0. The van der Waals surface area contributed by atoms with Gasteiger partial charge in [-0.05, 0) is 38.2 Å². The van der Waals surface area contributed by atoms with E-state index in [-0.39, 0.29) is 11.7 Å². The Hall–Kier alpha value is -2.05. The standard InChI is InChI=1S/C13H21N5O2/c1-9-10(8-16-17-9)4-2-7-15-12(19)13(5-3-6-13)11(14)18-20/h8,20H,2-7H2,1H3,(H2,14,18)(H,15,19)(H,16,17). The monoisotopic (exact) mass is 279 g/mol. The number of aromatic nitrogens is 2. The third-order valence-corrected chi connectivity index (χ3v) is 4.08. The van der Waals surface area contributed by atoms with Gasteiger partial charge in [0.2, 0.25) is 5.91 Å². The molecule has 20 heavy (non-hydrogen) atoms. The number of rotatable bonds is 6. The van der Waals surface area contributed by atoms with Crippen molar-refractivity contribution in [3.05, 3.63) is 17.5 Å². The number of nitrogens with two attached hydrogens (primary N) is 1. The molecule has 5 N–H and O–H groups in total. The minimum absolute atomic E-state index is 0.0203.